The van der Waals surface area contributed by atoms with E-state index in [4.69, 9.17) is 0 Å². The average molecular weight is 463 g/mol. The van der Waals surface area contributed by atoms with Crippen molar-refractivity contribution in [2.75, 3.05) is 4.43 Å². The number of fused-ring (bicyclic) bond motifs is 3. The van der Waals surface area contributed by atoms with Gasteiger partial charge in [0.25, 0.3) is 0 Å². The molecule has 0 atom stereocenters. The molecule has 0 saturated heterocycles. The maximum Gasteiger partial charge on any atom is 0.161 e. The van der Waals surface area contributed by atoms with Gasteiger partial charge >= 0.3 is 0 Å². The molecule has 0 amide bonds. The Morgan fingerprint density at radius 2 is 1.60 bits per heavy atom. The molecule has 0 aliphatic heterocycles. The Morgan fingerprint density at radius 3 is 2.28 bits per heavy atom. The monoisotopic (exact) mass is 463 g/mol. The molecular weight excluding hydrogens is 433 g/mol. The molecule has 0 aliphatic rings. The average Bonchev–Trinajstić information content (AvgIpc) is 2.88. The first-order chi connectivity index (χ1) is 11.8. The molecule has 25 heavy (non-hydrogen) atoms. The lowest BCUT2D eigenvalue weighted by atomic mass is 10.1. The van der Waals surface area contributed by atoms with E-state index < -0.39 is 8.24 Å². The summed E-state index contributed by atoms with van der Waals surface area (Å²) in [5, 5.41) is 3.16. The van der Waals surface area contributed by atoms with Crippen LogP contribution < -0.4 is 0 Å². The molecule has 0 radical (unpaired) electrons. The van der Waals surface area contributed by atoms with Crippen molar-refractivity contribution in [3.05, 3.63) is 48.0 Å². The molecule has 134 valence electrons. The number of rotatable bonds is 5. The molecule has 3 aromatic rings. The first kappa shape index (κ1) is 19.0. The summed E-state index contributed by atoms with van der Waals surface area (Å²) >= 11 is 2.48. The molecule has 0 bridgehead atoms. The normalized spacial score (nSPS) is 13.0. The highest BCUT2D eigenvalue weighted by Crippen LogP contribution is 2.42. The minimum absolute atomic E-state index is 0.306. The predicted molar refractivity (Wildman–Crippen MR) is 124 cm³/mol. The third-order valence-corrected chi connectivity index (χ3v) is 12.0. The van der Waals surface area contributed by atoms with Gasteiger partial charge in [-0.2, -0.15) is 0 Å². The Hall–Kier alpha value is -0.813. The van der Waals surface area contributed by atoms with Gasteiger partial charge in [-0.1, -0.05) is 80.7 Å². The summed E-state index contributed by atoms with van der Waals surface area (Å²) in [4.78, 5) is 0. The molecule has 3 rings (SSSR count). The van der Waals surface area contributed by atoms with Crippen LogP contribution in [0.4, 0.5) is 0 Å². The van der Waals surface area contributed by atoms with E-state index >= 15 is 0 Å². The molecular formula is C22H30INSi. The second kappa shape index (κ2) is 7.07. The second-order valence-electron chi connectivity index (χ2n) is 8.66. The Balaban J connectivity index is 2.23. The van der Waals surface area contributed by atoms with Gasteiger partial charge in [-0.3, -0.25) is 0 Å². The van der Waals surface area contributed by atoms with E-state index in [0.717, 1.165) is 0 Å². The van der Waals surface area contributed by atoms with Crippen molar-refractivity contribution in [2.45, 2.75) is 58.2 Å². The summed E-state index contributed by atoms with van der Waals surface area (Å²) in [6.07, 6.45) is 3.79. The summed E-state index contributed by atoms with van der Waals surface area (Å²) in [6.45, 7) is 12.2. The van der Waals surface area contributed by atoms with Crippen molar-refractivity contribution in [3.63, 3.8) is 0 Å². The van der Waals surface area contributed by atoms with Gasteiger partial charge in [0, 0.05) is 21.8 Å². The van der Waals surface area contributed by atoms with Crippen LogP contribution in [0.1, 0.15) is 39.2 Å². The largest absolute Gasteiger partial charge is 0.368 e. The topological polar surface area (TPSA) is 4.93 Å². The van der Waals surface area contributed by atoms with Crippen LogP contribution >= 0.6 is 22.6 Å². The molecule has 0 spiro atoms. The van der Waals surface area contributed by atoms with Gasteiger partial charge in [0.15, 0.2) is 8.24 Å². The highest BCUT2D eigenvalue weighted by atomic mass is 127. The molecule has 1 aromatic heterocycles. The van der Waals surface area contributed by atoms with Crippen molar-refractivity contribution >= 4 is 52.6 Å². The fourth-order valence-electron chi connectivity index (χ4n) is 3.54. The zero-order valence-corrected chi connectivity index (χ0v) is 19.4. The van der Waals surface area contributed by atoms with Crippen LogP contribution in [0, 0.1) is 0 Å². The summed E-state index contributed by atoms with van der Waals surface area (Å²) in [6, 6.07) is 16.2. The maximum atomic E-state index is 2.70. The van der Waals surface area contributed by atoms with Crippen molar-refractivity contribution < 1.29 is 0 Å². The predicted octanol–water partition coefficient (Wildman–Crippen LogP) is 7.41. The van der Waals surface area contributed by atoms with Crippen LogP contribution in [0.5, 0.6) is 0 Å². The number of benzene rings is 2. The fourth-order valence-corrected chi connectivity index (χ4v) is 6.34. The third-order valence-electron chi connectivity index (χ3n) is 5.98. The van der Waals surface area contributed by atoms with E-state index in [0.29, 0.717) is 5.04 Å². The zero-order valence-electron chi connectivity index (χ0n) is 16.2. The van der Waals surface area contributed by atoms with Gasteiger partial charge in [-0.15, -0.1) is 0 Å². The highest BCUT2D eigenvalue weighted by Gasteiger charge is 2.39. The molecule has 0 unspecified atom stereocenters. The van der Waals surface area contributed by atoms with E-state index in [9.17, 15) is 0 Å². The Kier molecular flexibility index (Phi) is 5.36. The van der Waals surface area contributed by atoms with Gasteiger partial charge in [0.05, 0.1) is 0 Å². The summed E-state index contributed by atoms with van der Waals surface area (Å²) < 4.78 is 3.96. The molecule has 0 fully saturated rings. The van der Waals surface area contributed by atoms with Gasteiger partial charge in [-0.25, -0.2) is 0 Å². The van der Waals surface area contributed by atoms with Crippen LogP contribution in [0.15, 0.2) is 42.5 Å². The van der Waals surface area contributed by atoms with Gasteiger partial charge in [0.1, 0.15) is 0 Å². The Bertz CT molecular complexity index is 886. The molecule has 1 heterocycles. The first-order valence-electron chi connectivity index (χ1n) is 9.36. The van der Waals surface area contributed by atoms with Crippen molar-refractivity contribution in [2.24, 2.45) is 0 Å². The molecule has 3 heteroatoms. The van der Waals surface area contributed by atoms with Crippen LogP contribution in [-0.4, -0.2) is 16.9 Å². The van der Waals surface area contributed by atoms with E-state index in [2.05, 4.69) is 103 Å². The first-order valence-corrected chi connectivity index (χ1v) is 13.8. The minimum Gasteiger partial charge on any atom is -0.368 e. The van der Waals surface area contributed by atoms with Gasteiger partial charge in [0.2, 0.25) is 0 Å². The van der Waals surface area contributed by atoms with Crippen LogP contribution in [0.25, 0.3) is 21.8 Å². The molecule has 0 aliphatic carbocycles. The lowest BCUT2D eigenvalue weighted by Crippen LogP contribution is -2.45. The van der Waals surface area contributed by atoms with E-state index in [1.165, 1.54) is 51.1 Å². The summed E-state index contributed by atoms with van der Waals surface area (Å²) in [5.41, 5.74) is 4.31. The van der Waals surface area contributed by atoms with Crippen molar-refractivity contribution in [1.29, 1.82) is 0 Å². The molecule has 1 nitrogen and oxygen atoms in total. The minimum atomic E-state index is -1.69. The molecule has 0 saturated carbocycles. The van der Waals surface area contributed by atoms with E-state index in [1.807, 2.05) is 0 Å². The lowest BCUT2D eigenvalue weighted by Gasteiger charge is -2.39. The number of aryl methyl sites for hydroxylation is 1. The number of halogens is 1. The standard InChI is InChI=1S/C22H30INSi/c1-22(2,3)25(4,5)24-20-12-7-6-11-18(20)19-16-17(10-8-9-15-23)13-14-21(19)24/h6-7,11-14,16H,8-10,15H2,1-5H3. The van der Waals surface area contributed by atoms with E-state index in [1.54, 1.807) is 0 Å². The second-order valence-corrected chi connectivity index (χ2v) is 14.8. The number of alkyl halides is 1. The number of aromatic nitrogens is 1. The number of para-hydroxylation sites is 1. The Morgan fingerprint density at radius 1 is 0.920 bits per heavy atom. The number of nitrogens with zero attached hydrogens (tertiary/aromatic N) is 1. The number of unbranched alkanes of at least 4 members (excludes halogenated alkanes) is 1. The lowest BCUT2D eigenvalue weighted by molar-refractivity contribution is 0.705. The zero-order chi connectivity index (χ0) is 18.2. The van der Waals surface area contributed by atoms with E-state index in [-0.39, 0.29) is 0 Å². The number of hydrogen-bond donors (Lipinski definition) is 0. The Labute approximate surface area is 167 Å². The number of hydrogen-bond acceptors (Lipinski definition) is 0. The van der Waals surface area contributed by atoms with Crippen molar-refractivity contribution in [3.8, 4) is 0 Å². The fraction of sp³-hybridized carbons (Fsp3) is 0.455. The highest BCUT2D eigenvalue weighted by molar-refractivity contribution is 14.1. The van der Waals surface area contributed by atoms with Crippen LogP contribution in [0.3, 0.4) is 0 Å². The van der Waals surface area contributed by atoms with Gasteiger partial charge < -0.3 is 4.23 Å². The summed E-state index contributed by atoms with van der Waals surface area (Å²) in [7, 11) is -1.69. The van der Waals surface area contributed by atoms with Crippen LogP contribution in [0.2, 0.25) is 18.1 Å². The molecule has 2 aromatic carbocycles. The smallest absolute Gasteiger partial charge is 0.161 e. The quantitative estimate of drug-likeness (QED) is 0.161. The molecule has 0 N–H and O–H groups in total. The maximum absolute atomic E-state index is 2.70. The SMILES string of the molecule is CC(C)(C)[Si](C)(C)n1c2ccccc2c2cc(CCCCI)ccc21. The van der Waals surface area contributed by atoms with Gasteiger partial charge in [-0.05, 0) is 52.5 Å². The third kappa shape index (κ3) is 3.42. The summed E-state index contributed by atoms with van der Waals surface area (Å²) in [5.74, 6) is 0. The van der Waals surface area contributed by atoms with Crippen LogP contribution in [-0.2, 0) is 6.42 Å². The van der Waals surface area contributed by atoms with Crippen molar-refractivity contribution in [1.82, 2.24) is 4.23 Å².